The number of aryl methyl sites for hydroxylation is 1. The van der Waals surface area contributed by atoms with Gasteiger partial charge in [-0.2, -0.15) is 0 Å². The van der Waals surface area contributed by atoms with Crippen molar-refractivity contribution in [3.8, 4) is 0 Å². The highest BCUT2D eigenvalue weighted by atomic mass is 79.9. The number of aromatic nitrogens is 1. The number of ketones is 1. The maximum atomic E-state index is 12.6. The summed E-state index contributed by atoms with van der Waals surface area (Å²) >= 11 is 3.48. The molecule has 2 rings (SSSR count). The fourth-order valence-corrected chi connectivity index (χ4v) is 3.38. The van der Waals surface area contributed by atoms with Crippen LogP contribution in [0.2, 0.25) is 0 Å². The quantitative estimate of drug-likeness (QED) is 0.783. The standard InChI is InChI=1S/C18H23BrN2O/c1-12-10-14(13(2)21(12)18(3,4)5)17(22)11-20-16-9-7-6-8-15(16)19/h6-10,20H,11H2,1-5H3. The molecule has 1 heterocycles. The Morgan fingerprint density at radius 3 is 2.41 bits per heavy atom. The molecule has 22 heavy (non-hydrogen) atoms. The van der Waals surface area contributed by atoms with Gasteiger partial charge in [0.1, 0.15) is 0 Å². The predicted molar refractivity (Wildman–Crippen MR) is 95.9 cm³/mol. The minimum absolute atomic E-state index is 0.0252. The normalized spacial score (nSPS) is 11.5. The molecule has 0 saturated carbocycles. The second-order valence-corrected chi connectivity index (χ2v) is 7.40. The summed E-state index contributed by atoms with van der Waals surface area (Å²) in [5.41, 5.74) is 3.85. The summed E-state index contributed by atoms with van der Waals surface area (Å²) in [7, 11) is 0. The molecule has 2 aromatic rings. The van der Waals surface area contributed by atoms with Gasteiger partial charge < -0.3 is 9.88 Å². The van der Waals surface area contributed by atoms with E-state index in [1.165, 1.54) is 0 Å². The molecule has 118 valence electrons. The third-order valence-electron chi connectivity index (χ3n) is 3.72. The van der Waals surface area contributed by atoms with Crippen LogP contribution < -0.4 is 5.32 Å². The maximum Gasteiger partial charge on any atom is 0.183 e. The topological polar surface area (TPSA) is 34.0 Å². The number of carbonyl (C=O) groups excluding carboxylic acids is 1. The van der Waals surface area contributed by atoms with E-state index in [0.29, 0.717) is 0 Å². The lowest BCUT2D eigenvalue weighted by Crippen LogP contribution is -2.24. The first-order chi connectivity index (χ1) is 10.2. The van der Waals surface area contributed by atoms with Gasteiger partial charge in [0.05, 0.1) is 6.54 Å². The van der Waals surface area contributed by atoms with Crippen molar-refractivity contribution in [2.24, 2.45) is 0 Å². The van der Waals surface area contributed by atoms with Gasteiger partial charge in [0, 0.05) is 32.7 Å². The lowest BCUT2D eigenvalue weighted by molar-refractivity contribution is 0.100. The van der Waals surface area contributed by atoms with Crippen LogP contribution in [0.15, 0.2) is 34.8 Å². The number of para-hydroxylation sites is 1. The zero-order valence-corrected chi connectivity index (χ0v) is 15.4. The minimum atomic E-state index is -0.0252. The summed E-state index contributed by atoms with van der Waals surface area (Å²) in [6.45, 7) is 10.8. The van der Waals surface area contributed by atoms with Gasteiger partial charge in [0.15, 0.2) is 5.78 Å². The second kappa shape index (κ2) is 6.29. The summed E-state index contributed by atoms with van der Waals surface area (Å²) in [5.74, 6) is 0.111. The number of nitrogens with zero attached hydrogens (tertiary/aromatic N) is 1. The van der Waals surface area contributed by atoms with E-state index >= 15 is 0 Å². The van der Waals surface area contributed by atoms with E-state index in [0.717, 1.165) is 27.1 Å². The number of rotatable bonds is 4. The molecule has 0 aliphatic carbocycles. The van der Waals surface area contributed by atoms with E-state index < -0.39 is 0 Å². The van der Waals surface area contributed by atoms with Crippen LogP contribution >= 0.6 is 15.9 Å². The molecule has 0 amide bonds. The van der Waals surface area contributed by atoms with Crippen LogP contribution in [-0.2, 0) is 5.54 Å². The highest BCUT2D eigenvalue weighted by Crippen LogP contribution is 2.25. The SMILES string of the molecule is Cc1cc(C(=O)CNc2ccccc2Br)c(C)n1C(C)(C)C. The summed E-state index contributed by atoms with van der Waals surface area (Å²) in [6.07, 6.45) is 0. The number of anilines is 1. The van der Waals surface area contributed by atoms with Gasteiger partial charge in [-0.15, -0.1) is 0 Å². The molecule has 0 aliphatic rings. The van der Waals surface area contributed by atoms with Crippen molar-refractivity contribution in [3.05, 3.63) is 51.8 Å². The zero-order chi connectivity index (χ0) is 16.5. The van der Waals surface area contributed by atoms with Gasteiger partial charge in [-0.3, -0.25) is 4.79 Å². The Morgan fingerprint density at radius 2 is 1.86 bits per heavy atom. The fourth-order valence-electron chi connectivity index (χ4n) is 2.95. The third-order valence-corrected chi connectivity index (χ3v) is 4.41. The van der Waals surface area contributed by atoms with Crippen molar-refractivity contribution in [1.82, 2.24) is 4.57 Å². The molecule has 0 saturated heterocycles. The highest BCUT2D eigenvalue weighted by Gasteiger charge is 2.22. The molecule has 1 aromatic carbocycles. The number of carbonyl (C=O) groups is 1. The summed E-state index contributed by atoms with van der Waals surface area (Å²) < 4.78 is 3.18. The van der Waals surface area contributed by atoms with Crippen molar-refractivity contribution >= 4 is 27.4 Å². The van der Waals surface area contributed by atoms with Gasteiger partial charge >= 0.3 is 0 Å². The van der Waals surface area contributed by atoms with Crippen LogP contribution in [0.4, 0.5) is 5.69 Å². The van der Waals surface area contributed by atoms with Crippen molar-refractivity contribution in [2.75, 3.05) is 11.9 Å². The van der Waals surface area contributed by atoms with Crippen molar-refractivity contribution in [3.63, 3.8) is 0 Å². The Hall–Kier alpha value is -1.55. The van der Waals surface area contributed by atoms with Crippen LogP contribution in [0.25, 0.3) is 0 Å². The molecule has 4 heteroatoms. The minimum Gasteiger partial charge on any atom is -0.377 e. The Morgan fingerprint density at radius 1 is 1.23 bits per heavy atom. The van der Waals surface area contributed by atoms with Gasteiger partial charge in [0.25, 0.3) is 0 Å². The highest BCUT2D eigenvalue weighted by molar-refractivity contribution is 9.10. The van der Waals surface area contributed by atoms with Crippen LogP contribution in [-0.4, -0.2) is 16.9 Å². The summed E-state index contributed by atoms with van der Waals surface area (Å²) in [5, 5.41) is 3.20. The van der Waals surface area contributed by atoms with Crippen LogP contribution in [0.1, 0.15) is 42.5 Å². The molecule has 1 aromatic heterocycles. The van der Waals surface area contributed by atoms with Crippen LogP contribution in [0, 0.1) is 13.8 Å². The maximum absolute atomic E-state index is 12.6. The fraction of sp³-hybridized carbons (Fsp3) is 0.389. The number of hydrogen-bond acceptors (Lipinski definition) is 2. The Labute approximate surface area is 140 Å². The number of benzene rings is 1. The number of halogens is 1. The van der Waals surface area contributed by atoms with Crippen LogP contribution in [0.3, 0.4) is 0 Å². The zero-order valence-electron chi connectivity index (χ0n) is 13.8. The van der Waals surface area contributed by atoms with E-state index in [1.807, 2.05) is 37.3 Å². The van der Waals surface area contributed by atoms with E-state index in [4.69, 9.17) is 0 Å². The number of Topliss-reactive ketones (excluding diaryl/α,β-unsaturated/α-hetero) is 1. The Bertz CT molecular complexity index is 696. The first-order valence-electron chi connectivity index (χ1n) is 7.43. The summed E-state index contributed by atoms with van der Waals surface area (Å²) in [6, 6.07) is 9.80. The second-order valence-electron chi connectivity index (χ2n) is 6.55. The Balaban J connectivity index is 2.19. The predicted octanol–water partition coefficient (Wildman–Crippen LogP) is 4.92. The molecule has 0 spiro atoms. The molecule has 0 radical (unpaired) electrons. The molecule has 0 aliphatic heterocycles. The monoisotopic (exact) mass is 362 g/mol. The van der Waals surface area contributed by atoms with Gasteiger partial charge in [-0.25, -0.2) is 0 Å². The first kappa shape index (κ1) is 16.8. The largest absolute Gasteiger partial charge is 0.377 e. The van der Waals surface area contributed by atoms with Crippen molar-refractivity contribution in [2.45, 2.75) is 40.2 Å². The first-order valence-corrected chi connectivity index (χ1v) is 8.22. The van der Waals surface area contributed by atoms with Gasteiger partial charge in [-0.05, 0) is 68.7 Å². The van der Waals surface area contributed by atoms with Gasteiger partial charge in [0.2, 0.25) is 0 Å². The molecule has 0 unspecified atom stereocenters. The Kier molecular flexibility index (Phi) is 4.81. The summed E-state index contributed by atoms with van der Waals surface area (Å²) in [4.78, 5) is 12.6. The average Bonchev–Trinajstić information content (AvgIpc) is 2.72. The van der Waals surface area contributed by atoms with E-state index in [1.54, 1.807) is 0 Å². The van der Waals surface area contributed by atoms with Crippen molar-refractivity contribution in [1.29, 1.82) is 0 Å². The molecule has 1 N–H and O–H groups in total. The van der Waals surface area contributed by atoms with Crippen molar-refractivity contribution < 1.29 is 4.79 Å². The molecular formula is C18H23BrN2O. The van der Waals surface area contributed by atoms with E-state index in [-0.39, 0.29) is 17.9 Å². The van der Waals surface area contributed by atoms with Crippen LogP contribution in [0.5, 0.6) is 0 Å². The molecule has 0 fully saturated rings. The third kappa shape index (κ3) is 3.43. The molecule has 3 nitrogen and oxygen atoms in total. The smallest absolute Gasteiger partial charge is 0.183 e. The van der Waals surface area contributed by atoms with Gasteiger partial charge in [-0.1, -0.05) is 12.1 Å². The number of hydrogen-bond donors (Lipinski definition) is 1. The lowest BCUT2D eigenvalue weighted by Gasteiger charge is -2.25. The van der Waals surface area contributed by atoms with E-state index in [9.17, 15) is 4.79 Å². The molecule has 0 bridgehead atoms. The molecule has 0 atom stereocenters. The number of nitrogens with one attached hydrogen (secondary N) is 1. The van der Waals surface area contributed by atoms with E-state index in [2.05, 4.69) is 53.5 Å². The average molecular weight is 363 g/mol. The molecular weight excluding hydrogens is 340 g/mol. The lowest BCUT2D eigenvalue weighted by atomic mass is 10.1.